The molecule has 0 saturated carbocycles. The van der Waals surface area contributed by atoms with Crippen molar-refractivity contribution in [3.05, 3.63) is 48.0 Å². The van der Waals surface area contributed by atoms with Gasteiger partial charge in [-0.1, -0.05) is 6.92 Å². The quantitative estimate of drug-likeness (QED) is 0.746. The van der Waals surface area contributed by atoms with Crippen molar-refractivity contribution in [2.75, 3.05) is 11.9 Å². The summed E-state index contributed by atoms with van der Waals surface area (Å²) in [4.78, 5) is 13.4. The van der Waals surface area contributed by atoms with Gasteiger partial charge in [-0.05, 0) is 44.0 Å². The van der Waals surface area contributed by atoms with Gasteiger partial charge in [0.05, 0.1) is 17.5 Å². The molecule has 0 amide bonds. The molecule has 1 atom stereocenters. The van der Waals surface area contributed by atoms with Gasteiger partial charge in [-0.2, -0.15) is 0 Å². The number of nitrogens with one attached hydrogen (secondary N) is 1. The third kappa shape index (κ3) is 3.21. The molecular weight excluding hydrogens is 300 g/mol. The highest BCUT2D eigenvalue weighted by atomic mass is 16.3. The van der Waals surface area contributed by atoms with E-state index in [4.69, 9.17) is 0 Å². The first kappa shape index (κ1) is 16.3. The first-order chi connectivity index (χ1) is 11.6. The van der Waals surface area contributed by atoms with Crippen LogP contribution in [0.1, 0.15) is 37.6 Å². The van der Waals surface area contributed by atoms with Gasteiger partial charge >= 0.3 is 0 Å². The van der Waals surface area contributed by atoms with E-state index in [-0.39, 0.29) is 0 Å². The number of aryl methyl sites for hydroxylation is 1. The topological polar surface area (TPSA) is 70.9 Å². The molecule has 0 radical (unpaired) electrons. The van der Waals surface area contributed by atoms with E-state index in [2.05, 4.69) is 20.3 Å². The number of anilines is 1. The molecule has 24 heavy (non-hydrogen) atoms. The van der Waals surface area contributed by atoms with E-state index in [0.717, 1.165) is 40.0 Å². The maximum Gasteiger partial charge on any atom is 0.126 e. The van der Waals surface area contributed by atoms with Crippen LogP contribution in [0.2, 0.25) is 0 Å². The first-order valence-electron chi connectivity index (χ1n) is 8.27. The lowest BCUT2D eigenvalue weighted by Crippen LogP contribution is -2.01. The second-order valence-electron chi connectivity index (χ2n) is 5.86. The van der Waals surface area contributed by atoms with Gasteiger partial charge in [0.1, 0.15) is 5.82 Å². The van der Waals surface area contributed by atoms with E-state index >= 15 is 0 Å². The molecule has 0 unspecified atom stereocenters. The summed E-state index contributed by atoms with van der Waals surface area (Å²) in [5.41, 5.74) is 3.59. The van der Waals surface area contributed by atoms with Crippen molar-refractivity contribution in [1.29, 1.82) is 0 Å². The fraction of sp³-hybridized carbons (Fsp3) is 0.316. The van der Waals surface area contributed by atoms with Crippen LogP contribution >= 0.6 is 0 Å². The van der Waals surface area contributed by atoms with Crippen LogP contribution < -0.4 is 5.32 Å². The maximum atomic E-state index is 9.93. The van der Waals surface area contributed by atoms with Gasteiger partial charge in [0.2, 0.25) is 0 Å². The smallest absolute Gasteiger partial charge is 0.126 e. The molecule has 3 aromatic rings. The van der Waals surface area contributed by atoms with E-state index < -0.39 is 6.10 Å². The third-order valence-electron chi connectivity index (χ3n) is 4.10. The Labute approximate surface area is 141 Å². The summed E-state index contributed by atoms with van der Waals surface area (Å²) in [7, 11) is 0. The first-order valence-corrected chi connectivity index (χ1v) is 8.27. The molecule has 5 nitrogen and oxygen atoms in total. The molecule has 0 spiro atoms. The lowest BCUT2D eigenvalue weighted by molar-refractivity contribution is 0.169. The Morgan fingerprint density at radius 1 is 1.00 bits per heavy atom. The van der Waals surface area contributed by atoms with Crippen LogP contribution in [0.15, 0.2) is 36.8 Å². The van der Waals surface area contributed by atoms with Gasteiger partial charge in [0.15, 0.2) is 0 Å². The molecule has 0 aliphatic rings. The Bertz CT molecular complexity index is 863. The number of hydrogen-bond acceptors (Lipinski definition) is 5. The summed E-state index contributed by atoms with van der Waals surface area (Å²) in [5.74, 6) is 0.857. The molecule has 124 valence electrons. The van der Waals surface area contributed by atoms with Crippen LogP contribution in [0.3, 0.4) is 0 Å². The molecule has 3 aromatic heterocycles. The van der Waals surface area contributed by atoms with E-state index in [1.54, 1.807) is 6.20 Å². The zero-order chi connectivity index (χ0) is 17.1. The minimum absolute atomic E-state index is 0.518. The monoisotopic (exact) mass is 322 g/mol. The van der Waals surface area contributed by atoms with Crippen LogP contribution in [0.4, 0.5) is 5.82 Å². The van der Waals surface area contributed by atoms with Gasteiger partial charge < -0.3 is 10.4 Å². The zero-order valence-corrected chi connectivity index (χ0v) is 14.2. The molecular formula is C19H22N4O. The predicted octanol–water partition coefficient (Wildman–Crippen LogP) is 3.88. The second kappa shape index (κ2) is 6.93. The molecule has 0 aromatic carbocycles. The SMILES string of the molecule is CCNc1cc2cnc(-c3cnc([C@H](O)CC)cc3C)cc2cn1. The third-order valence-corrected chi connectivity index (χ3v) is 4.10. The average Bonchev–Trinajstić information content (AvgIpc) is 2.61. The van der Waals surface area contributed by atoms with Crippen molar-refractivity contribution in [3.8, 4) is 11.3 Å². The van der Waals surface area contributed by atoms with Crippen LogP contribution in [-0.4, -0.2) is 26.6 Å². The van der Waals surface area contributed by atoms with Crippen LogP contribution in [-0.2, 0) is 0 Å². The zero-order valence-electron chi connectivity index (χ0n) is 14.2. The minimum Gasteiger partial charge on any atom is -0.387 e. The van der Waals surface area contributed by atoms with Gasteiger partial charge in [-0.15, -0.1) is 0 Å². The van der Waals surface area contributed by atoms with E-state index in [0.29, 0.717) is 12.1 Å². The van der Waals surface area contributed by atoms with Crippen LogP contribution in [0.25, 0.3) is 22.0 Å². The minimum atomic E-state index is -0.518. The van der Waals surface area contributed by atoms with Crippen molar-refractivity contribution < 1.29 is 5.11 Å². The van der Waals surface area contributed by atoms with Crippen molar-refractivity contribution >= 4 is 16.6 Å². The number of rotatable bonds is 5. The molecule has 2 N–H and O–H groups in total. The Morgan fingerprint density at radius 2 is 1.75 bits per heavy atom. The average molecular weight is 322 g/mol. The highest BCUT2D eigenvalue weighted by molar-refractivity contribution is 5.86. The number of hydrogen-bond donors (Lipinski definition) is 2. The molecule has 0 bridgehead atoms. The lowest BCUT2D eigenvalue weighted by Gasteiger charge is -2.11. The van der Waals surface area contributed by atoms with Gasteiger partial charge in [0.25, 0.3) is 0 Å². The standard InChI is InChI=1S/C19H22N4O/c1-4-18(24)17-6-12(3)15(11-22-17)16-7-13-10-23-19(20-5-2)8-14(13)9-21-16/h6-11,18,24H,4-5H2,1-3H3,(H,20,23)/t18-/m1/s1. The number of fused-ring (bicyclic) bond motifs is 1. The van der Waals surface area contributed by atoms with Crippen molar-refractivity contribution in [2.24, 2.45) is 0 Å². The number of aliphatic hydroxyl groups excluding tert-OH is 1. The van der Waals surface area contributed by atoms with E-state index in [1.165, 1.54) is 0 Å². The Kier molecular flexibility index (Phi) is 4.71. The summed E-state index contributed by atoms with van der Waals surface area (Å²) in [6.07, 6.45) is 5.64. The highest BCUT2D eigenvalue weighted by Gasteiger charge is 2.11. The number of aromatic nitrogens is 3. The normalized spacial score (nSPS) is 12.3. The van der Waals surface area contributed by atoms with Crippen LogP contribution in [0, 0.1) is 6.92 Å². The largest absolute Gasteiger partial charge is 0.387 e. The van der Waals surface area contributed by atoms with Crippen molar-refractivity contribution in [2.45, 2.75) is 33.3 Å². The Hall–Kier alpha value is -2.53. The summed E-state index contributed by atoms with van der Waals surface area (Å²) >= 11 is 0. The maximum absolute atomic E-state index is 9.93. The Balaban J connectivity index is 1.98. The van der Waals surface area contributed by atoms with E-state index in [9.17, 15) is 5.11 Å². The fourth-order valence-electron chi connectivity index (χ4n) is 2.70. The number of pyridine rings is 3. The summed E-state index contributed by atoms with van der Waals surface area (Å²) in [6, 6.07) is 5.96. The molecule has 3 rings (SSSR count). The van der Waals surface area contributed by atoms with E-state index in [1.807, 2.05) is 51.4 Å². The summed E-state index contributed by atoms with van der Waals surface area (Å²) < 4.78 is 0. The number of aliphatic hydroxyl groups is 1. The lowest BCUT2D eigenvalue weighted by atomic mass is 10.0. The fourth-order valence-corrected chi connectivity index (χ4v) is 2.70. The van der Waals surface area contributed by atoms with Gasteiger partial charge in [-0.3, -0.25) is 9.97 Å². The molecule has 0 aliphatic carbocycles. The summed E-state index contributed by atoms with van der Waals surface area (Å²) in [6.45, 7) is 6.84. The van der Waals surface area contributed by atoms with Gasteiger partial charge in [-0.25, -0.2) is 4.98 Å². The van der Waals surface area contributed by atoms with Crippen molar-refractivity contribution in [1.82, 2.24) is 15.0 Å². The molecule has 0 aliphatic heterocycles. The second-order valence-corrected chi connectivity index (χ2v) is 5.86. The Morgan fingerprint density at radius 3 is 2.46 bits per heavy atom. The highest BCUT2D eigenvalue weighted by Crippen LogP contribution is 2.26. The molecule has 0 fully saturated rings. The molecule has 5 heteroatoms. The van der Waals surface area contributed by atoms with Crippen LogP contribution in [0.5, 0.6) is 0 Å². The van der Waals surface area contributed by atoms with Crippen molar-refractivity contribution in [3.63, 3.8) is 0 Å². The molecule has 0 saturated heterocycles. The predicted molar refractivity (Wildman–Crippen MR) is 96.9 cm³/mol. The molecule has 3 heterocycles. The summed E-state index contributed by atoms with van der Waals surface area (Å²) in [5, 5.41) is 15.2. The number of nitrogens with zero attached hydrogens (tertiary/aromatic N) is 3. The van der Waals surface area contributed by atoms with Gasteiger partial charge in [0, 0.05) is 41.5 Å².